The molecule has 1 rings (SSSR count). The molecular weight excluding hydrogens is 162 g/mol. The average molecular weight is 176 g/mol. The zero-order valence-corrected chi connectivity index (χ0v) is 7.80. The summed E-state index contributed by atoms with van der Waals surface area (Å²) in [4.78, 5) is 0. The standard InChI is InChI=1S/C7H14BClO2/c1-3-6(2)7(9)8-10-4-5-11-8/h6-7H,3-5H2,1-2H3. The van der Waals surface area contributed by atoms with Gasteiger partial charge in [-0.25, -0.2) is 0 Å². The van der Waals surface area contributed by atoms with Crippen molar-refractivity contribution in [3.8, 4) is 0 Å². The van der Waals surface area contributed by atoms with E-state index in [2.05, 4.69) is 13.8 Å². The van der Waals surface area contributed by atoms with E-state index in [9.17, 15) is 0 Å². The summed E-state index contributed by atoms with van der Waals surface area (Å²) in [5, 5.41) is 0.00231. The molecule has 0 N–H and O–H groups in total. The Kier molecular flexibility index (Phi) is 3.69. The highest BCUT2D eigenvalue weighted by Gasteiger charge is 2.35. The fraction of sp³-hybridized carbons (Fsp3) is 1.00. The first-order valence-corrected chi connectivity index (χ1v) is 4.56. The van der Waals surface area contributed by atoms with E-state index in [0.29, 0.717) is 19.1 Å². The van der Waals surface area contributed by atoms with Crippen LogP contribution in [0.2, 0.25) is 0 Å². The van der Waals surface area contributed by atoms with Crippen LogP contribution in [-0.4, -0.2) is 25.6 Å². The maximum Gasteiger partial charge on any atom is 0.476 e. The van der Waals surface area contributed by atoms with Gasteiger partial charge < -0.3 is 9.31 Å². The van der Waals surface area contributed by atoms with E-state index in [1.807, 2.05) is 0 Å². The maximum atomic E-state index is 6.09. The lowest BCUT2D eigenvalue weighted by Gasteiger charge is -2.16. The molecule has 0 radical (unpaired) electrons. The Morgan fingerprint density at radius 1 is 1.45 bits per heavy atom. The molecule has 0 aromatic carbocycles. The highest BCUT2D eigenvalue weighted by molar-refractivity contribution is 6.59. The van der Waals surface area contributed by atoms with Crippen LogP contribution in [0.25, 0.3) is 0 Å². The van der Waals surface area contributed by atoms with E-state index in [1.54, 1.807) is 0 Å². The second kappa shape index (κ2) is 4.34. The number of hydrogen-bond donors (Lipinski definition) is 0. The molecule has 0 aliphatic carbocycles. The molecule has 1 fully saturated rings. The summed E-state index contributed by atoms with van der Waals surface area (Å²) in [6.07, 6.45) is 1.07. The molecule has 0 aromatic heterocycles. The largest absolute Gasteiger partial charge is 0.476 e. The summed E-state index contributed by atoms with van der Waals surface area (Å²) in [6.45, 7) is 5.60. The number of hydrogen-bond acceptors (Lipinski definition) is 2. The van der Waals surface area contributed by atoms with Gasteiger partial charge >= 0.3 is 7.12 Å². The lowest BCUT2D eigenvalue weighted by molar-refractivity contribution is 0.355. The van der Waals surface area contributed by atoms with E-state index in [1.165, 1.54) is 0 Å². The second-order valence-electron chi connectivity index (χ2n) is 2.94. The monoisotopic (exact) mass is 176 g/mol. The smallest absolute Gasteiger partial charge is 0.408 e. The van der Waals surface area contributed by atoms with Crippen molar-refractivity contribution in [3.05, 3.63) is 0 Å². The molecule has 0 spiro atoms. The van der Waals surface area contributed by atoms with Gasteiger partial charge in [0.05, 0.1) is 18.5 Å². The third kappa shape index (κ3) is 2.36. The summed E-state index contributed by atoms with van der Waals surface area (Å²) in [7, 11) is -0.174. The molecule has 2 nitrogen and oxygen atoms in total. The first-order chi connectivity index (χ1) is 5.25. The van der Waals surface area contributed by atoms with Gasteiger partial charge in [-0.3, -0.25) is 0 Å². The Hall–Kier alpha value is 0.275. The molecule has 0 saturated carbocycles. The van der Waals surface area contributed by atoms with Gasteiger partial charge in [0.15, 0.2) is 0 Å². The Balaban J connectivity index is 2.32. The zero-order valence-electron chi connectivity index (χ0n) is 7.05. The van der Waals surface area contributed by atoms with Gasteiger partial charge in [0.2, 0.25) is 0 Å². The van der Waals surface area contributed by atoms with Crippen LogP contribution in [0.1, 0.15) is 20.3 Å². The summed E-state index contributed by atoms with van der Waals surface area (Å²) in [5.41, 5.74) is 0. The molecule has 64 valence electrons. The van der Waals surface area contributed by atoms with Gasteiger partial charge in [0.1, 0.15) is 0 Å². The molecule has 1 aliphatic rings. The molecule has 0 amide bonds. The third-order valence-corrected chi connectivity index (χ3v) is 2.73. The normalized spacial score (nSPS) is 23.7. The van der Waals surface area contributed by atoms with Crippen LogP contribution in [-0.2, 0) is 9.31 Å². The predicted molar refractivity (Wildman–Crippen MR) is 46.8 cm³/mol. The number of alkyl halides is 1. The lowest BCUT2D eigenvalue weighted by atomic mass is 9.76. The van der Waals surface area contributed by atoms with Crippen molar-refractivity contribution >= 4 is 18.7 Å². The minimum Gasteiger partial charge on any atom is -0.408 e. The highest BCUT2D eigenvalue weighted by Crippen LogP contribution is 2.20. The molecule has 1 heterocycles. The first-order valence-electron chi connectivity index (χ1n) is 4.13. The molecule has 1 saturated heterocycles. The van der Waals surface area contributed by atoms with Crippen molar-refractivity contribution in [2.75, 3.05) is 13.2 Å². The minimum absolute atomic E-state index is 0.00231. The molecule has 0 bridgehead atoms. The van der Waals surface area contributed by atoms with Crippen LogP contribution in [0.15, 0.2) is 0 Å². The minimum atomic E-state index is -0.174. The Morgan fingerprint density at radius 2 is 2.00 bits per heavy atom. The topological polar surface area (TPSA) is 18.5 Å². The average Bonchev–Trinajstić information content (AvgIpc) is 2.53. The van der Waals surface area contributed by atoms with E-state index < -0.39 is 0 Å². The van der Waals surface area contributed by atoms with Crippen LogP contribution in [0.4, 0.5) is 0 Å². The van der Waals surface area contributed by atoms with Gasteiger partial charge in [0, 0.05) is 0 Å². The van der Waals surface area contributed by atoms with E-state index in [4.69, 9.17) is 20.9 Å². The van der Waals surface area contributed by atoms with E-state index >= 15 is 0 Å². The van der Waals surface area contributed by atoms with Crippen molar-refractivity contribution in [1.82, 2.24) is 0 Å². The van der Waals surface area contributed by atoms with E-state index in [0.717, 1.165) is 6.42 Å². The zero-order chi connectivity index (χ0) is 8.27. The van der Waals surface area contributed by atoms with Crippen molar-refractivity contribution < 1.29 is 9.31 Å². The molecule has 2 atom stereocenters. The van der Waals surface area contributed by atoms with Crippen LogP contribution < -0.4 is 0 Å². The van der Waals surface area contributed by atoms with Crippen LogP contribution >= 0.6 is 11.6 Å². The second-order valence-corrected chi connectivity index (χ2v) is 3.44. The Bertz CT molecular complexity index is 117. The van der Waals surface area contributed by atoms with Crippen molar-refractivity contribution in [2.24, 2.45) is 5.92 Å². The van der Waals surface area contributed by atoms with Gasteiger partial charge in [-0.2, -0.15) is 0 Å². The maximum absolute atomic E-state index is 6.09. The summed E-state index contributed by atoms with van der Waals surface area (Å²) in [6, 6.07) is 0. The lowest BCUT2D eigenvalue weighted by Crippen LogP contribution is -2.33. The predicted octanol–water partition coefficient (Wildman–Crippen LogP) is 1.71. The summed E-state index contributed by atoms with van der Waals surface area (Å²) < 4.78 is 10.6. The highest BCUT2D eigenvalue weighted by atomic mass is 35.5. The quantitative estimate of drug-likeness (QED) is 0.481. The van der Waals surface area contributed by atoms with E-state index in [-0.39, 0.29) is 12.4 Å². The molecule has 1 aliphatic heterocycles. The van der Waals surface area contributed by atoms with Crippen LogP contribution in [0, 0.1) is 5.92 Å². The fourth-order valence-corrected chi connectivity index (χ4v) is 1.38. The molecule has 0 aromatic rings. The van der Waals surface area contributed by atoms with Gasteiger partial charge in [-0.1, -0.05) is 20.3 Å². The van der Waals surface area contributed by atoms with Crippen LogP contribution in [0.5, 0.6) is 0 Å². The summed E-state index contributed by atoms with van der Waals surface area (Å²) >= 11 is 6.09. The van der Waals surface area contributed by atoms with Crippen molar-refractivity contribution in [2.45, 2.75) is 25.5 Å². The number of halogens is 1. The van der Waals surface area contributed by atoms with Crippen LogP contribution in [0.3, 0.4) is 0 Å². The fourth-order valence-electron chi connectivity index (χ4n) is 1.05. The third-order valence-electron chi connectivity index (χ3n) is 2.10. The van der Waals surface area contributed by atoms with Gasteiger partial charge in [-0.05, 0) is 5.92 Å². The van der Waals surface area contributed by atoms with Crippen molar-refractivity contribution in [3.63, 3.8) is 0 Å². The van der Waals surface area contributed by atoms with Crippen molar-refractivity contribution in [1.29, 1.82) is 0 Å². The Morgan fingerprint density at radius 3 is 2.45 bits per heavy atom. The first kappa shape index (κ1) is 9.36. The Labute approximate surface area is 73.3 Å². The summed E-state index contributed by atoms with van der Waals surface area (Å²) in [5.74, 6) is 0.458. The van der Waals surface area contributed by atoms with Gasteiger partial charge in [0.25, 0.3) is 0 Å². The molecule has 11 heavy (non-hydrogen) atoms. The molecular formula is C7H14BClO2. The molecule has 4 heteroatoms. The number of rotatable bonds is 3. The molecule has 2 unspecified atom stereocenters. The van der Waals surface area contributed by atoms with Gasteiger partial charge in [-0.15, -0.1) is 11.6 Å². The SMILES string of the molecule is CCC(C)C(Cl)B1OCCO1.